The Kier molecular flexibility index (Phi) is 4.31. The van der Waals surface area contributed by atoms with Crippen LogP contribution in [0.25, 0.3) is 0 Å². The highest BCUT2D eigenvalue weighted by atomic mass is 32.2. The van der Waals surface area contributed by atoms with Crippen molar-refractivity contribution in [2.75, 3.05) is 11.5 Å². The average Bonchev–Trinajstić information content (AvgIpc) is 2.03. The fourth-order valence-electron chi connectivity index (χ4n) is 1.53. The maximum atomic E-state index is 5.70. The predicted octanol–water partition coefficient (Wildman–Crippen LogP) is 2.26. The predicted molar refractivity (Wildman–Crippen MR) is 52.9 cm³/mol. The number of hydrogen-bond donors (Lipinski definition) is 1. The molecule has 2 heteroatoms. The molecule has 1 saturated heterocycles. The van der Waals surface area contributed by atoms with Gasteiger partial charge in [0.2, 0.25) is 0 Å². The highest BCUT2D eigenvalue weighted by molar-refractivity contribution is 7.99. The molecule has 2 N–H and O–H groups in total. The molecule has 1 aliphatic rings. The molecule has 0 bridgehead atoms. The van der Waals surface area contributed by atoms with E-state index < -0.39 is 0 Å². The quantitative estimate of drug-likeness (QED) is 0.708. The van der Waals surface area contributed by atoms with Crippen LogP contribution in [0.15, 0.2) is 0 Å². The third-order valence-corrected chi connectivity index (χ3v) is 3.57. The van der Waals surface area contributed by atoms with Crippen LogP contribution in [0.1, 0.15) is 32.6 Å². The second-order valence-corrected chi connectivity index (χ2v) is 4.79. The number of hydrogen-bond acceptors (Lipinski definition) is 2. The minimum atomic E-state index is 0.405. The molecule has 0 aliphatic carbocycles. The summed E-state index contributed by atoms with van der Waals surface area (Å²) in [5.74, 6) is 3.74. The molecule has 2 atom stereocenters. The SMILES string of the molecule is C[C@@H](N)CCC1CCCSC1. The third kappa shape index (κ3) is 4.02. The molecule has 1 nitrogen and oxygen atoms in total. The van der Waals surface area contributed by atoms with Crippen molar-refractivity contribution in [2.24, 2.45) is 11.7 Å². The van der Waals surface area contributed by atoms with Gasteiger partial charge in [-0.25, -0.2) is 0 Å². The van der Waals surface area contributed by atoms with Crippen LogP contribution in [0.3, 0.4) is 0 Å². The van der Waals surface area contributed by atoms with Crippen molar-refractivity contribution in [3.63, 3.8) is 0 Å². The second-order valence-electron chi connectivity index (χ2n) is 3.64. The zero-order valence-electron chi connectivity index (χ0n) is 7.38. The van der Waals surface area contributed by atoms with Gasteiger partial charge in [-0.1, -0.05) is 0 Å². The Labute approximate surface area is 74.1 Å². The first-order valence-electron chi connectivity index (χ1n) is 4.62. The summed E-state index contributed by atoms with van der Waals surface area (Å²) >= 11 is 2.11. The highest BCUT2D eigenvalue weighted by Crippen LogP contribution is 2.26. The number of thioether (sulfide) groups is 1. The van der Waals surface area contributed by atoms with E-state index in [0.29, 0.717) is 6.04 Å². The van der Waals surface area contributed by atoms with Crippen molar-refractivity contribution in [2.45, 2.75) is 38.6 Å². The van der Waals surface area contributed by atoms with E-state index in [2.05, 4.69) is 18.7 Å². The lowest BCUT2D eigenvalue weighted by molar-refractivity contribution is 0.448. The highest BCUT2D eigenvalue weighted by Gasteiger charge is 2.13. The van der Waals surface area contributed by atoms with Crippen molar-refractivity contribution in [3.05, 3.63) is 0 Å². The Hall–Kier alpha value is 0.310. The first kappa shape index (κ1) is 9.40. The molecule has 0 aromatic heterocycles. The van der Waals surface area contributed by atoms with Crippen LogP contribution in [0.2, 0.25) is 0 Å². The maximum Gasteiger partial charge on any atom is 0.00105 e. The van der Waals surface area contributed by atoms with Crippen LogP contribution in [0.4, 0.5) is 0 Å². The summed E-state index contributed by atoms with van der Waals surface area (Å²) < 4.78 is 0. The van der Waals surface area contributed by atoms with E-state index in [1.165, 1.54) is 37.2 Å². The smallest absolute Gasteiger partial charge is 0.00105 e. The van der Waals surface area contributed by atoms with Gasteiger partial charge in [0.1, 0.15) is 0 Å². The summed E-state index contributed by atoms with van der Waals surface area (Å²) in [6.07, 6.45) is 5.43. The minimum Gasteiger partial charge on any atom is -0.328 e. The average molecular weight is 173 g/mol. The van der Waals surface area contributed by atoms with Gasteiger partial charge in [0.15, 0.2) is 0 Å². The van der Waals surface area contributed by atoms with E-state index in [1.807, 2.05) is 0 Å². The Morgan fingerprint density at radius 2 is 2.45 bits per heavy atom. The van der Waals surface area contributed by atoms with Crippen molar-refractivity contribution < 1.29 is 0 Å². The molecule has 0 amide bonds. The first-order chi connectivity index (χ1) is 5.29. The van der Waals surface area contributed by atoms with Gasteiger partial charge < -0.3 is 5.73 Å². The second kappa shape index (κ2) is 5.04. The summed E-state index contributed by atoms with van der Waals surface area (Å²) in [4.78, 5) is 0. The maximum absolute atomic E-state index is 5.70. The normalized spacial score (nSPS) is 28.4. The Morgan fingerprint density at radius 1 is 1.64 bits per heavy atom. The van der Waals surface area contributed by atoms with Gasteiger partial charge in [0, 0.05) is 6.04 Å². The lowest BCUT2D eigenvalue weighted by atomic mass is 9.98. The van der Waals surface area contributed by atoms with Gasteiger partial charge in [-0.05, 0) is 50.0 Å². The molecule has 1 unspecified atom stereocenters. The zero-order chi connectivity index (χ0) is 8.10. The summed E-state index contributed by atoms with van der Waals surface area (Å²) in [6.45, 7) is 2.11. The minimum absolute atomic E-state index is 0.405. The van der Waals surface area contributed by atoms with Gasteiger partial charge >= 0.3 is 0 Å². The van der Waals surface area contributed by atoms with E-state index in [0.717, 1.165) is 5.92 Å². The molecule has 0 aromatic carbocycles. The fourth-order valence-corrected chi connectivity index (χ4v) is 2.74. The molecule has 1 rings (SSSR count). The van der Waals surface area contributed by atoms with Gasteiger partial charge in [-0.3, -0.25) is 0 Å². The third-order valence-electron chi connectivity index (χ3n) is 2.28. The molecule has 66 valence electrons. The van der Waals surface area contributed by atoms with Gasteiger partial charge in [0.05, 0.1) is 0 Å². The molecule has 0 saturated carbocycles. The van der Waals surface area contributed by atoms with Crippen molar-refractivity contribution in [1.29, 1.82) is 0 Å². The molecule has 1 heterocycles. The van der Waals surface area contributed by atoms with E-state index in [9.17, 15) is 0 Å². The van der Waals surface area contributed by atoms with Crippen LogP contribution >= 0.6 is 11.8 Å². The topological polar surface area (TPSA) is 26.0 Å². The van der Waals surface area contributed by atoms with Crippen LogP contribution < -0.4 is 5.73 Å². The summed E-state index contributed by atoms with van der Waals surface area (Å²) in [7, 11) is 0. The molecule has 0 radical (unpaired) electrons. The number of rotatable bonds is 3. The van der Waals surface area contributed by atoms with Crippen molar-refractivity contribution in [1.82, 2.24) is 0 Å². The van der Waals surface area contributed by atoms with Gasteiger partial charge in [0.25, 0.3) is 0 Å². The van der Waals surface area contributed by atoms with E-state index in [4.69, 9.17) is 5.73 Å². The van der Waals surface area contributed by atoms with Crippen LogP contribution in [-0.4, -0.2) is 17.5 Å². The van der Waals surface area contributed by atoms with Crippen LogP contribution in [0, 0.1) is 5.92 Å². The Bertz CT molecular complexity index is 97.7. The monoisotopic (exact) mass is 173 g/mol. The molecule has 0 spiro atoms. The van der Waals surface area contributed by atoms with E-state index in [-0.39, 0.29) is 0 Å². The Morgan fingerprint density at radius 3 is 3.00 bits per heavy atom. The zero-order valence-corrected chi connectivity index (χ0v) is 8.20. The standard InChI is InChI=1S/C9H19NS/c1-8(10)4-5-9-3-2-6-11-7-9/h8-9H,2-7,10H2,1H3/t8-,9?/m1/s1. The van der Waals surface area contributed by atoms with Crippen molar-refractivity contribution in [3.8, 4) is 0 Å². The van der Waals surface area contributed by atoms with Gasteiger partial charge in [-0.2, -0.15) is 11.8 Å². The summed E-state index contributed by atoms with van der Waals surface area (Å²) in [6, 6.07) is 0.405. The fraction of sp³-hybridized carbons (Fsp3) is 1.00. The van der Waals surface area contributed by atoms with Crippen LogP contribution in [0.5, 0.6) is 0 Å². The van der Waals surface area contributed by atoms with Crippen LogP contribution in [-0.2, 0) is 0 Å². The largest absolute Gasteiger partial charge is 0.328 e. The molecular weight excluding hydrogens is 154 g/mol. The summed E-state index contributed by atoms with van der Waals surface area (Å²) in [5, 5.41) is 0. The van der Waals surface area contributed by atoms with Gasteiger partial charge in [-0.15, -0.1) is 0 Å². The first-order valence-corrected chi connectivity index (χ1v) is 5.78. The Balaban J connectivity index is 2.05. The number of nitrogens with two attached hydrogens (primary N) is 1. The molecular formula is C9H19NS. The van der Waals surface area contributed by atoms with Crippen molar-refractivity contribution >= 4 is 11.8 Å². The molecule has 1 fully saturated rings. The lowest BCUT2D eigenvalue weighted by Gasteiger charge is -2.21. The van der Waals surface area contributed by atoms with E-state index >= 15 is 0 Å². The molecule has 11 heavy (non-hydrogen) atoms. The molecule has 1 aliphatic heterocycles. The molecule has 0 aromatic rings. The summed E-state index contributed by atoms with van der Waals surface area (Å²) in [5.41, 5.74) is 5.70. The van der Waals surface area contributed by atoms with E-state index in [1.54, 1.807) is 0 Å². The lowest BCUT2D eigenvalue weighted by Crippen LogP contribution is -2.18.